The van der Waals surface area contributed by atoms with Crippen molar-refractivity contribution in [1.29, 1.82) is 0 Å². The molecule has 5 heteroatoms. The van der Waals surface area contributed by atoms with Gasteiger partial charge in [-0.05, 0) is 13.8 Å². The summed E-state index contributed by atoms with van der Waals surface area (Å²) in [4.78, 5) is 44.9. The van der Waals surface area contributed by atoms with Gasteiger partial charge in [-0.25, -0.2) is 0 Å². The number of esters is 2. The molecule has 0 saturated carbocycles. The predicted octanol–water partition coefficient (Wildman–Crippen LogP) is 1.29. The summed E-state index contributed by atoms with van der Waals surface area (Å²) in [7, 11) is 0. The number of carbonyl (C=O) groups is 4. The lowest BCUT2D eigenvalue weighted by Gasteiger charge is -2.15. The van der Waals surface area contributed by atoms with Gasteiger partial charge in [-0.1, -0.05) is 20.8 Å². The third kappa shape index (κ3) is 5.38. The van der Waals surface area contributed by atoms with E-state index in [1.165, 1.54) is 13.8 Å². The van der Waals surface area contributed by atoms with E-state index in [2.05, 4.69) is 4.74 Å². The average molecular weight is 242 g/mol. The molecule has 0 heterocycles. The first-order valence-corrected chi connectivity index (χ1v) is 5.34. The Labute approximate surface area is 101 Å². The molecule has 0 aromatic carbocycles. The second kappa shape index (κ2) is 5.70. The van der Waals surface area contributed by atoms with E-state index >= 15 is 0 Å². The lowest BCUT2D eigenvalue weighted by Crippen LogP contribution is -2.28. The van der Waals surface area contributed by atoms with Gasteiger partial charge in [0.25, 0.3) is 0 Å². The third-order valence-corrected chi connectivity index (χ3v) is 2.32. The fourth-order valence-electron chi connectivity index (χ4n) is 0.799. The number of rotatable bonds is 4. The highest BCUT2D eigenvalue weighted by Crippen LogP contribution is 2.17. The van der Waals surface area contributed by atoms with Crippen LogP contribution in [0.4, 0.5) is 0 Å². The molecule has 0 aliphatic carbocycles. The zero-order valence-electron chi connectivity index (χ0n) is 10.8. The van der Waals surface area contributed by atoms with Gasteiger partial charge >= 0.3 is 11.9 Å². The first kappa shape index (κ1) is 15.5. The Morgan fingerprint density at radius 1 is 1.12 bits per heavy atom. The standard InChI is InChI=1S/C12H18O5/c1-7(8(2)13)11(16)17-10(15)6-9(14)12(3,4)5/h7H,6H2,1-5H3. The Hall–Kier alpha value is -1.52. The molecular weight excluding hydrogens is 224 g/mol. The van der Waals surface area contributed by atoms with Crippen LogP contribution in [-0.2, 0) is 23.9 Å². The Morgan fingerprint density at radius 3 is 1.94 bits per heavy atom. The van der Waals surface area contributed by atoms with Crippen LogP contribution in [-0.4, -0.2) is 23.5 Å². The lowest BCUT2D eigenvalue weighted by molar-refractivity contribution is -0.163. The summed E-state index contributed by atoms with van der Waals surface area (Å²) in [5.41, 5.74) is -0.658. The Bertz CT molecular complexity index is 348. The van der Waals surface area contributed by atoms with Crippen molar-refractivity contribution >= 4 is 23.5 Å². The average Bonchev–Trinajstić information content (AvgIpc) is 2.14. The second-order valence-corrected chi connectivity index (χ2v) is 4.98. The number of ketones is 2. The van der Waals surface area contributed by atoms with E-state index in [4.69, 9.17) is 0 Å². The van der Waals surface area contributed by atoms with E-state index in [0.717, 1.165) is 0 Å². The molecule has 0 fully saturated rings. The van der Waals surface area contributed by atoms with Crippen molar-refractivity contribution in [3.8, 4) is 0 Å². The summed E-state index contributed by atoms with van der Waals surface area (Å²) < 4.78 is 4.42. The molecular formula is C12H18O5. The van der Waals surface area contributed by atoms with Crippen LogP contribution in [0.2, 0.25) is 0 Å². The normalized spacial score (nSPS) is 12.8. The number of hydrogen-bond donors (Lipinski definition) is 0. The number of Topliss-reactive ketones (excluding diaryl/α,β-unsaturated/α-hetero) is 2. The van der Waals surface area contributed by atoms with E-state index < -0.39 is 29.7 Å². The fraction of sp³-hybridized carbons (Fsp3) is 0.667. The first-order valence-electron chi connectivity index (χ1n) is 5.34. The molecule has 17 heavy (non-hydrogen) atoms. The molecule has 0 rings (SSSR count). The topological polar surface area (TPSA) is 77.5 Å². The Morgan fingerprint density at radius 2 is 1.59 bits per heavy atom. The molecule has 1 unspecified atom stereocenters. The van der Waals surface area contributed by atoms with Crippen LogP contribution in [0.3, 0.4) is 0 Å². The van der Waals surface area contributed by atoms with Crippen LogP contribution in [0.15, 0.2) is 0 Å². The minimum Gasteiger partial charge on any atom is -0.392 e. The van der Waals surface area contributed by atoms with Crippen molar-refractivity contribution in [2.75, 3.05) is 0 Å². The van der Waals surface area contributed by atoms with Crippen LogP contribution < -0.4 is 0 Å². The van der Waals surface area contributed by atoms with Gasteiger partial charge in [0.05, 0.1) is 0 Å². The van der Waals surface area contributed by atoms with Crippen molar-refractivity contribution in [3.63, 3.8) is 0 Å². The predicted molar refractivity (Wildman–Crippen MR) is 60.0 cm³/mol. The minimum absolute atomic E-state index is 0.314. The smallest absolute Gasteiger partial charge is 0.323 e. The first-order chi connectivity index (χ1) is 7.55. The van der Waals surface area contributed by atoms with E-state index in [1.807, 2.05) is 0 Å². The molecule has 0 aromatic rings. The summed E-state index contributed by atoms with van der Waals surface area (Å²) >= 11 is 0. The van der Waals surface area contributed by atoms with Gasteiger partial charge in [0.15, 0.2) is 0 Å². The molecule has 5 nitrogen and oxygen atoms in total. The molecule has 0 bridgehead atoms. The van der Waals surface area contributed by atoms with E-state index in [-0.39, 0.29) is 11.6 Å². The van der Waals surface area contributed by atoms with Gasteiger partial charge in [0.2, 0.25) is 0 Å². The van der Waals surface area contributed by atoms with Gasteiger partial charge in [-0.3, -0.25) is 19.2 Å². The summed E-state index contributed by atoms with van der Waals surface area (Å²) in [5.74, 6) is -3.51. The van der Waals surface area contributed by atoms with Gasteiger partial charge in [-0.2, -0.15) is 0 Å². The summed E-state index contributed by atoms with van der Waals surface area (Å²) in [6, 6.07) is 0. The van der Waals surface area contributed by atoms with Crippen molar-refractivity contribution < 1.29 is 23.9 Å². The zero-order chi connectivity index (χ0) is 13.8. The zero-order valence-corrected chi connectivity index (χ0v) is 10.8. The molecule has 0 amide bonds. The monoisotopic (exact) mass is 242 g/mol. The Kier molecular flexibility index (Phi) is 5.19. The number of hydrogen-bond acceptors (Lipinski definition) is 5. The van der Waals surface area contributed by atoms with Crippen molar-refractivity contribution in [2.45, 2.75) is 41.0 Å². The highest BCUT2D eigenvalue weighted by Gasteiger charge is 2.27. The molecule has 0 aliphatic rings. The summed E-state index contributed by atoms with van der Waals surface area (Å²) in [5, 5.41) is 0. The SMILES string of the molecule is CC(=O)C(C)C(=O)OC(=O)CC(=O)C(C)(C)C. The van der Waals surface area contributed by atoms with Gasteiger partial charge < -0.3 is 4.74 Å². The molecule has 0 spiro atoms. The lowest BCUT2D eigenvalue weighted by atomic mass is 9.89. The third-order valence-electron chi connectivity index (χ3n) is 2.32. The number of carbonyl (C=O) groups excluding carboxylic acids is 4. The molecule has 0 saturated heterocycles. The summed E-state index contributed by atoms with van der Waals surface area (Å²) in [6.07, 6.45) is -0.458. The van der Waals surface area contributed by atoms with Crippen LogP contribution in [0.5, 0.6) is 0 Å². The van der Waals surface area contributed by atoms with E-state index in [9.17, 15) is 19.2 Å². The quantitative estimate of drug-likeness (QED) is 0.548. The van der Waals surface area contributed by atoms with E-state index in [1.54, 1.807) is 20.8 Å². The van der Waals surface area contributed by atoms with Crippen molar-refractivity contribution in [1.82, 2.24) is 0 Å². The molecule has 0 aliphatic heterocycles. The van der Waals surface area contributed by atoms with Crippen LogP contribution in [0.1, 0.15) is 41.0 Å². The van der Waals surface area contributed by atoms with Gasteiger partial charge in [0, 0.05) is 5.41 Å². The maximum atomic E-state index is 11.5. The van der Waals surface area contributed by atoms with Crippen LogP contribution in [0, 0.1) is 11.3 Å². The molecule has 0 N–H and O–H groups in total. The van der Waals surface area contributed by atoms with Crippen molar-refractivity contribution in [2.24, 2.45) is 11.3 Å². The molecule has 0 radical (unpaired) electrons. The highest BCUT2D eigenvalue weighted by molar-refractivity contribution is 6.05. The van der Waals surface area contributed by atoms with E-state index in [0.29, 0.717) is 0 Å². The molecule has 96 valence electrons. The van der Waals surface area contributed by atoms with Gasteiger partial charge in [-0.15, -0.1) is 0 Å². The molecule has 0 aromatic heterocycles. The minimum atomic E-state index is -0.983. The van der Waals surface area contributed by atoms with Gasteiger partial charge in [0.1, 0.15) is 23.9 Å². The largest absolute Gasteiger partial charge is 0.392 e. The number of ether oxygens (including phenoxy) is 1. The maximum absolute atomic E-state index is 11.5. The van der Waals surface area contributed by atoms with Crippen molar-refractivity contribution in [3.05, 3.63) is 0 Å². The van der Waals surface area contributed by atoms with Crippen LogP contribution in [0.25, 0.3) is 0 Å². The summed E-state index contributed by atoms with van der Waals surface area (Å²) in [6.45, 7) is 7.59. The highest BCUT2D eigenvalue weighted by atomic mass is 16.6. The fourth-order valence-corrected chi connectivity index (χ4v) is 0.799. The maximum Gasteiger partial charge on any atom is 0.323 e. The second-order valence-electron chi connectivity index (χ2n) is 4.98. The Balaban J connectivity index is 4.35. The molecule has 1 atom stereocenters. The van der Waals surface area contributed by atoms with Crippen LogP contribution >= 0.6 is 0 Å².